The van der Waals surface area contributed by atoms with Crippen molar-refractivity contribution in [1.82, 2.24) is 15.5 Å². The first kappa shape index (κ1) is 19.5. The third-order valence-corrected chi connectivity index (χ3v) is 4.39. The molecule has 0 bridgehead atoms. The minimum absolute atomic E-state index is 0.107. The second-order valence-electron chi connectivity index (χ2n) is 7.40. The highest BCUT2D eigenvalue weighted by Gasteiger charge is 2.25. The van der Waals surface area contributed by atoms with E-state index in [-0.39, 0.29) is 17.5 Å². The molecule has 2 rings (SSSR count). The first-order valence-electron chi connectivity index (χ1n) is 8.55. The standard InChI is InChI=1S/C18H27ClN4O2/c1-18(2,3)22-17(25)21-12-7-8-15(19)14(10-12)16(24)23-9-5-6-13(11-23)20-4/h7-8,10,13,20H,5-6,9,11H2,1-4H3,(H2,21,22,25). The molecule has 6 nitrogen and oxygen atoms in total. The molecular weight excluding hydrogens is 340 g/mol. The van der Waals surface area contributed by atoms with Crippen LogP contribution in [-0.2, 0) is 0 Å². The molecule has 3 N–H and O–H groups in total. The van der Waals surface area contributed by atoms with Crippen LogP contribution in [0.4, 0.5) is 10.5 Å². The molecule has 1 fully saturated rings. The topological polar surface area (TPSA) is 73.5 Å². The van der Waals surface area contributed by atoms with Gasteiger partial charge >= 0.3 is 6.03 Å². The van der Waals surface area contributed by atoms with Gasteiger partial charge in [0.1, 0.15) is 0 Å². The van der Waals surface area contributed by atoms with E-state index < -0.39 is 0 Å². The molecule has 1 aromatic carbocycles. The number of carbonyl (C=O) groups excluding carboxylic acids is 2. The van der Waals surface area contributed by atoms with Crippen LogP contribution in [0.25, 0.3) is 0 Å². The number of hydrogen-bond donors (Lipinski definition) is 3. The van der Waals surface area contributed by atoms with Gasteiger partial charge < -0.3 is 20.9 Å². The lowest BCUT2D eigenvalue weighted by Crippen LogP contribution is -2.47. The molecule has 1 aromatic rings. The first-order valence-corrected chi connectivity index (χ1v) is 8.92. The molecule has 0 radical (unpaired) electrons. The van der Waals surface area contributed by atoms with Gasteiger partial charge in [0.05, 0.1) is 10.6 Å². The summed E-state index contributed by atoms with van der Waals surface area (Å²) in [5.41, 5.74) is 0.606. The van der Waals surface area contributed by atoms with Crippen molar-refractivity contribution in [2.24, 2.45) is 0 Å². The van der Waals surface area contributed by atoms with Crippen LogP contribution >= 0.6 is 11.6 Å². The van der Waals surface area contributed by atoms with Crippen molar-refractivity contribution in [3.05, 3.63) is 28.8 Å². The molecule has 0 saturated carbocycles. The van der Waals surface area contributed by atoms with Gasteiger partial charge in [0.25, 0.3) is 5.91 Å². The van der Waals surface area contributed by atoms with Crippen molar-refractivity contribution in [2.75, 3.05) is 25.5 Å². The minimum atomic E-state index is -0.342. The zero-order valence-corrected chi connectivity index (χ0v) is 16.0. The van der Waals surface area contributed by atoms with Crippen molar-refractivity contribution in [3.63, 3.8) is 0 Å². The van der Waals surface area contributed by atoms with Gasteiger partial charge in [0.2, 0.25) is 0 Å². The summed E-state index contributed by atoms with van der Waals surface area (Å²) in [6.07, 6.45) is 2.02. The number of halogens is 1. The van der Waals surface area contributed by atoms with E-state index in [2.05, 4.69) is 16.0 Å². The second-order valence-corrected chi connectivity index (χ2v) is 7.81. The third-order valence-electron chi connectivity index (χ3n) is 4.06. The summed E-state index contributed by atoms with van der Waals surface area (Å²) >= 11 is 6.23. The van der Waals surface area contributed by atoms with Crippen molar-refractivity contribution in [1.29, 1.82) is 0 Å². The maximum Gasteiger partial charge on any atom is 0.319 e. The zero-order valence-electron chi connectivity index (χ0n) is 15.3. The van der Waals surface area contributed by atoms with E-state index in [4.69, 9.17) is 11.6 Å². The number of anilines is 1. The number of nitrogens with zero attached hydrogens (tertiary/aromatic N) is 1. The summed E-state index contributed by atoms with van der Waals surface area (Å²) in [5, 5.41) is 9.18. The first-order chi connectivity index (χ1) is 11.7. The maximum absolute atomic E-state index is 12.8. The van der Waals surface area contributed by atoms with E-state index in [0.717, 1.165) is 19.4 Å². The molecule has 138 valence electrons. The molecule has 7 heteroatoms. The summed E-state index contributed by atoms with van der Waals surface area (Å²) < 4.78 is 0. The van der Waals surface area contributed by atoms with Crippen LogP contribution in [0.1, 0.15) is 44.0 Å². The number of urea groups is 1. The molecular formula is C18H27ClN4O2. The Kier molecular flexibility index (Phi) is 6.30. The van der Waals surface area contributed by atoms with Crippen molar-refractivity contribution in [3.8, 4) is 0 Å². The van der Waals surface area contributed by atoms with E-state index in [1.54, 1.807) is 18.2 Å². The van der Waals surface area contributed by atoms with E-state index in [1.165, 1.54) is 0 Å². The normalized spacial score (nSPS) is 18.0. The fraction of sp³-hybridized carbons (Fsp3) is 0.556. The average Bonchev–Trinajstić information content (AvgIpc) is 2.54. The highest BCUT2D eigenvalue weighted by Crippen LogP contribution is 2.24. The summed E-state index contributed by atoms with van der Waals surface area (Å²) in [4.78, 5) is 26.7. The van der Waals surface area contributed by atoms with Crippen LogP contribution in [0.15, 0.2) is 18.2 Å². The molecule has 3 amide bonds. The number of hydrogen-bond acceptors (Lipinski definition) is 3. The van der Waals surface area contributed by atoms with Gasteiger partial charge in [0.15, 0.2) is 0 Å². The van der Waals surface area contributed by atoms with Gasteiger partial charge in [-0.05, 0) is 58.9 Å². The van der Waals surface area contributed by atoms with Gasteiger partial charge in [-0.3, -0.25) is 4.79 Å². The van der Waals surface area contributed by atoms with Crippen LogP contribution in [-0.4, -0.2) is 48.6 Å². The minimum Gasteiger partial charge on any atom is -0.337 e. The lowest BCUT2D eigenvalue weighted by molar-refractivity contribution is 0.0698. The number of likely N-dealkylation sites (tertiary alicyclic amines) is 1. The molecule has 1 aliphatic heterocycles. The van der Waals surface area contributed by atoms with Crippen molar-refractivity contribution in [2.45, 2.75) is 45.2 Å². The summed E-state index contributed by atoms with van der Waals surface area (Å²) in [6.45, 7) is 7.08. The lowest BCUT2D eigenvalue weighted by atomic mass is 10.0. The van der Waals surface area contributed by atoms with Crippen molar-refractivity contribution >= 4 is 29.2 Å². The Morgan fingerprint density at radius 3 is 2.64 bits per heavy atom. The summed E-state index contributed by atoms with van der Waals surface area (Å²) in [7, 11) is 1.91. The Hall–Kier alpha value is -1.79. The van der Waals surface area contributed by atoms with Crippen molar-refractivity contribution < 1.29 is 9.59 Å². The molecule has 0 spiro atoms. The number of amides is 3. The molecule has 1 unspecified atom stereocenters. The van der Waals surface area contributed by atoms with E-state index >= 15 is 0 Å². The van der Waals surface area contributed by atoms with Gasteiger partial charge in [0, 0.05) is 30.4 Å². The number of likely N-dealkylation sites (N-methyl/N-ethyl adjacent to an activating group) is 1. The Labute approximate surface area is 154 Å². The lowest BCUT2D eigenvalue weighted by Gasteiger charge is -2.32. The predicted molar refractivity (Wildman–Crippen MR) is 101 cm³/mol. The highest BCUT2D eigenvalue weighted by atomic mass is 35.5. The molecule has 1 saturated heterocycles. The van der Waals surface area contributed by atoms with Crippen LogP contribution in [0, 0.1) is 0 Å². The van der Waals surface area contributed by atoms with Crippen LogP contribution < -0.4 is 16.0 Å². The van der Waals surface area contributed by atoms with Gasteiger partial charge in [-0.2, -0.15) is 0 Å². The van der Waals surface area contributed by atoms with Gasteiger partial charge in [-0.15, -0.1) is 0 Å². The van der Waals surface area contributed by atoms with Crippen LogP contribution in [0.3, 0.4) is 0 Å². The third kappa shape index (κ3) is 5.61. The smallest absolute Gasteiger partial charge is 0.319 e. The number of benzene rings is 1. The van der Waals surface area contributed by atoms with Crippen LogP contribution in [0.2, 0.25) is 5.02 Å². The van der Waals surface area contributed by atoms with E-state index in [1.807, 2.05) is 32.7 Å². The number of piperidine rings is 1. The fourth-order valence-corrected chi connectivity index (χ4v) is 3.04. The predicted octanol–water partition coefficient (Wildman–Crippen LogP) is 3.08. The SMILES string of the molecule is CNC1CCCN(C(=O)c2cc(NC(=O)NC(C)(C)C)ccc2Cl)C1. The summed E-state index contributed by atoms with van der Waals surface area (Å²) in [6, 6.07) is 4.95. The number of rotatable bonds is 3. The maximum atomic E-state index is 12.8. The Morgan fingerprint density at radius 2 is 2.00 bits per heavy atom. The second kappa shape index (κ2) is 8.06. The molecule has 1 aliphatic rings. The number of nitrogens with one attached hydrogen (secondary N) is 3. The molecule has 25 heavy (non-hydrogen) atoms. The van der Waals surface area contributed by atoms with Gasteiger partial charge in [-0.1, -0.05) is 11.6 Å². The molecule has 0 aromatic heterocycles. The van der Waals surface area contributed by atoms with Gasteiger partial charge in [-0.25, -0.2) is 4.79 Å². The zero-order chi connectivity index (χ0) is 18.6. The quantitative estimate of drug-likeness (QED) is 0.769. The summed E-state index contributed by atoms with van der Waals surface area (Å²) in [5.74, 6) is -0.107. The Balaban J connectivity index is 2.12. The Bertz CT molecular complexity index is 642. The Morgan fingerprint density at radius 1 is 1.28 bits per heavy atom. The van der Waals surface area contributed by atoms with Crippen LogP contribution in [0.5, 0.6) is 0 Å². The molecule has 1 heterocycles. The van der Waals surface area contributed by atoms with E-state index in [0.29, 0.717) is 28.9 Å². The average molecular weight is 367 g/mol. The largest absolute Gasteiger partial charge is 0.337 e. The monoisotopic (exact) mass is 366 g/mol. The molecule has 1 atom stereocenters. The molecule has 0 aliphatic carbocycles. The fourth-order valence-electron chi connectivity index (χ4n) is 2.84. The number of carbonyl (C=O) groups is 2. The highest BCUT2D eigenvalue weighted by molar-refractivity contribution is 6.34. The van der Waals surface area contributed by atoms with E-state index in [9.17, 15) is 9.59 Å².